The van der Waals surface area contributed by atoms with Crippen LogP contribution in [0.15, 0.2) is 35.4 Å². The fourth-order valence-corrected chi connectivity index (χ4v) is 6.07. The monoisotopic (exact) mass is 557 g/mol. The van der Waals surface area contributed by atoms with Crippen LogP contribution in [0.4, 0.5) is 0 Å². The predicted molar refractivity (Wildman–Crippen MR) is 153 cm³/mol. The number of aliphatic hydroxyl groups excluding tert-OH is 3. The van der Waals surface area contributed by atoms with Crippen molar-refractivity contribution < 1.29 is 34.3 Å². The summed E-state index contributed by atoms with van der Waals surface area (Å²) in [5.41, 5.74) is 4.23. The van der Waals surface area contributed by atoms with Crippen molar-refractivity contribution in [1.29, 1.82) is 0 Å². The lowest BCUT2D eigenvalue weighted by atomic mass is 9.96. The number of carbonyl (C=O) groups is 1. The van der Waals surface area contributed by atoms with Crippen molar-refractivity contribution in [3.63, 3.8) is 0 Å². The molecular formula is C32H47NO7. The van der Waals surface area contributed by atoms with E-state index < -0.39 is 30.7 Å². The van der Waals surface area contributed by atoms with E-state index in [4.69, 9.17) is 14.2 Å². The van der Waals surface area contributed by atoms with Crippen LogP contribution in [0.2, 0.25) is 0 Å². The average Bonchev–Trinajstić information content (AvgIpc) is 3.54. The average molecular weight is 558 g/mol. The first kappa shape index (κ1) is 30.7. The summed E-state index contributed by atoms with van der Waals surface area (Å²) in [6, 6.07) is 4.13. The van der Waals surface area contributed by atoms with Crippen LogP contribution in [-0.2, 0) is 22.3 Å². The van der Waals surface area contributed by atoms with Gasteiger partial charge in [-0.15, -0.1) is 0 Å². The third-order valence-electron chi connectivity index (χ3n) is 8.42. The number of esters is 1. The molecule has 1 aromatic carbocycles. The molecule has 0 saturated carbocycles. The number of benzene rings is 1. The highest BCUT2D eigenvalue weighted by atomic mass is 16.7. The SMILES string of the molecule is CC[C@H]1O[C@@H](Oc2c(CC=C(C)C)cc(C(=O)OC[C@H]3CCN4CCC[C@@H]34)cc2CC=C(C)C)[C@H](O)[C@@H](O)[C@@H]1O. The molecule has 0 radical (unpaired) electrons. The van der Waals surface area contributed by atoms with Crippen molar-refractivity contribution in [3.05, 3.63) is 52.1 Å². The first-order valence-electron chi connectivity index (χ1n) is 14.8. The molecule has 0 spiro atoms. The summed E-state index contributed by atoms with van der Waals surface area (Å²) in [7, 11) is 0. The third kappa shape index (κ3) is 7.15. The summed E-state index contributed by atoms with van der Waals surface area (Å²) >= 11 is 0. The minimum Gasteiger partial charge on any atom is -0.462 e. The maximum Gasteiger partial charge on any atom is 0.338 e. The van der Waals surface area contributed by atoms with Gasteiger partial charge in [0.15, 0.2) is 0 Å². The van der Waals surface area contributed by atoms with E-state index in [2.05, 4.69) is 17.1 Å². The molecule has 7 atom stereocenters. The van der Waals surface area contributed by atoms with Crippen LogP contribution < -0.4 is 4.74 Å². The summed E-state index contributed by atoms with van der Waals surface area (Å²) in [6.07, 6.45) is 3.14. The third-order valence-corrected chi connectivity index (χ3v) is 8.42. The first-order chi connectivity index (χ1) is 19.1. The molecule has 0 unspecified atom stereocenters. The van der Waals surface area contributed by atoms with E-state index in [-0.39, 0.29) is 5.97 Å². The zero-order valence-electron chi connectivity index (χ0n) is 24.6. The van der Waals surface area contributed by atoms with Crippen LogP contribution in [0.25, 0.3) is 0 Å². The summed E-state index contributed by atoms with van der Waals surface area (Å²) in [4.78, 5) is 15.9. The van der Waals surface area contributed by atoms with Gasteiger partial charge in [-0.2, -0.15) is 0 Å². The molecule has 0 aliphatic carbocycles. The number of nitrogens with zero attached hydrogens (tertiary/aromatic N) is 1. The second-order valence-electron chi connectivity index (χ2n) is 12.0. The van der Waals surface area contributed by atoms with E-state index in [9.17, 15) is 20.1 Å². The highest BCUT2D eigenvalue weighted by Crippen LogP contribution is 2.35. The number of rotatable bonds is 10. The summed E-state index contributed by atoms with van der Waals surface area (Å²) in [5, 5.41) is 31.5. The van der Waals surface area contributed by atoms with E-state index in [1.54, 1.807) is 12.1 Å². The van der Waals surface area contributed by atoms with E-state index in [1.807, 2.05) is 34.6 Å². The fraction of sp³-hybridized carbons (Fsp3) is 0.656. The molecule has 0 aromatic heterocycles. The molecule has 3 heterocycles. The number of allylic oxidation sites excluding steroid dienone is 4. The molecule has 3 aliphatic rings. The Labute approximate surface area is 238 Å². The van der Waals surface area contributed by atoms with Gasteiger partial charge in [0, 0.05) is 12.0 Å². The molecule has 1 aromatic rings. The van der Waals surface area contributed by atoms with Crippen LogP contribution in [0.5, 0.6) is 5.75 Å². The second kappa shape index (κ2) is 13.6. The van der Waals surface area contributed by atoms with E-state index in [0.29, 0.717) is 49.1 Å². The number of hydrogen-bond acceptors (Lipinski definition) is 8. The highest BCUT2D eigenvalue weighted by molar-refractivity contribution is 5.90. The number of ether oxygens (including phenoxy) is 3. The van der Waals surface area contributed by atoms with Crippen LogP contribution in [-0.4, -0.2) is 82.6 Å². The Morgan fingerprint density at radius 2 is 1.62 bits per heavy atom. The molecule has 8 heteroatoms. The molecule has 3 N–H and O–H groups in total. The van der Waals surface area contributed by atoms with Crippen LogP contribution >= 0.6 is 0 Å². The van der Waals surface area contributed by atoms with Crippen molar-refractivity contribution >= 4 is 5.97 Å². The van der Waals surface area contributed by atoms with Crippen molar-refractivity contribution in [3.8, 4) is 5.75 Å². The molecule has 40 heavy (non-hydrogen) atoms. The van der Waals surface area contributed by atoms with Crippen molar-refractivity contribution in [2.45, 2.75) is 110 Å². The van der Waals surface area contributed by atoms with Crippen LogP contribution in [0.3, 0.4) is 0 Å². The van der Waals surface area contributed by atoms with Gasteiger partial charge in [-0.05, 0) is 103 Å². The van der Waals surface area contributed by atoms with Gasteiger partial charge >= 0.3 is 5.97 Å². The smallest absolute Gasteiger partial charge is 0.338 e. The number of hydrogen-bond donors (Lipinski definition) is 3. The lowest BCUT2D eigenvalue weighted by molar-refractivity contribution is -0.272. The Morgan fingerprint density at radius 3 is 2.23 bits per heavy atom. The van der Waals surface area contributed by atoms with Gasteiger partial charge in [0.1, 0.15) is 24.1 Å². The number of aliphatic hydroxyl groups is 3. The van der Waals surface area contributed by atoms with Gasteiger partial charge in [0.2, 0.25) is 6.29 Å². The van der Waals surface area contributed by atoms with E-state index in [1.165, 1.54) is 12.8 Å². The standard InChI is InChI=1S/C32H47NO7/c1-6-26-27(34)28(35)29(36)32(39-26)40-30-21(11-9-19(2)3)16-24(17-22(30)12-10-20(4)5)31(37)38-18-23-13-15-33-14-7-8-25(23)33/h9-10,16-17,23,25-29,32,34-36H,6-8,11-15,18H2,1-5H3/t23-,25+,26-,27-,28+,29-,32+/m1/s1. The molecule has 3 fully saturated rings. The van der Waals surface area contributed by atoms with Gasteiger partial charge in [-0.1, -0.05) is 30.2 Å². The minimum absolute atomic E-state index is 0.349. The van der Waals surface area contributed by atoms with Gasteiger partial charge in [-0.25, -0.2) is 4.79 Å². The molecule has 4 rings (SSSR count). The van der Waals surface area contributed by atoms with Crippen molar-refractivity contribution in [2.75, 3.05) is 19.7 Å². The molecule has 8 nitrogen and oxygen atoms in total. The van der Waals surface area contributed by atoms with E-state index >= 15 is 0 Å². The Morgan fingerprint density at radius 1 is 0.975 bits per heavy atom. The number of fused-ring (bicyclic) bond motifs is 1. The zero-order valence-corrected chi connectivity index (χ0v) is 24.6. The second-order valence-corrected chi connectivity index (χ2v) is 12.0. The predicted octanol–water partition coefficient (Wildman–Crippen LogP) is 3.94. The normalized spacial score (nSPS) is 30.1. The maximum atomic E-state index is 13.4. The van der Waals surface area contributed by atoms with E-state index in [0.717, 1.165) is 41.8 Å². The molecule has 3 aliphatic heterocycles. The molecule has 0 bridgehead atoms. The van der Waals surface area contributed by atoms with Crippen molar-refractivity contribution in [1.82, 2.24) is 4.90 Å². The summed E-state index contributed by atoms with van der Waals surface area (Å²) < 4.78 is 18.1. The number of carbonyl (C=O) groups excluding carboxylic acids is 1. The Balaban J connectivity index is 1.63. The zero-order chi connectivity index (χ0) is 29.0. The molecule has 222 valence electrons. The Kier molecular flexibility index (Phi) is 10.5. The topological polar surface area (TPSA) is 109 Å². The Hall–Kier alpha value is -2.23. The van der Waals surface area contributed by atoms with Gasteiger partial charge in [-0.3, -0.25) is 4.90 Å². The van der Waals surface area contributed by atoms with Gasteiger partial charge in [0.25, 0.3) is 0 Å². The summed E-state index contributed by atoms with van der Waals surface area (Å²) in [5.74, 6) is 0.535. The molecular weight excluding hydrogens is 510 g/mol. The maximum absolute atomic E-state index is 13.4. The quantitative estimate of drug-likeness (QED) is 0.293. The largest absolute Gasteiger partial charge is 0.462 e. The Bertz CT molecular complexity index is 1050. The van der Waals surface area contributed by atoms with Gasteiger partial charge in [0.05, 0.1) is 18.3 Å². The lowest BCUT2D eigenvalue weighted by Crippen LogP contribution is -2.59. The summed E-state index contributed by atoms with van der Waals surface area (Å²) in [6.45, 7) is 12.5. The van der Waals surface area contributed by atoms with Crippen molar-refractivity contribution in [2.24, 2.45) is 5.92 Å². The first-order valence-corrected chi connectivity index (χ1v) is 14.8. The van der Waals surface area contributed by atoms with Gasteiger partial charge < -0.3 is 29.5 Å². The van der Waals surface area contributed by atoms with Crippen LogP contribution in [0, 0.1) is 5.92 Å². The van der Waals surface area contributed by atoms with Crippen LogP contribution in [0.1, 0.15) is 81.8 Å². The highest BCUT2D eigenvalue weighted by Gasteiger charge is 2.44. The molecule has 3 saturated heterocycles. The fourth-order valence-electron chi connectivity index (χ4n) is 6.07. The minimum atomic E-state index is -1.43. The lowest BCUT2D eigenvalue weighted by Gasteiger charge is -2.40. The molecule has 0 amide bonds.